The van der Waals surface area contributed by atoms with Crippen molar-refractivity contribution in [3.8, 4) is 0 Å². The van der Waals surface area contributed by atoms with E-state index >= 15 is 0 Å². The minimum atomic E-state index is 0.845. The summed E-state index contributed by atoms with van der Waals surface area (Å²) in [7, 11) is 0. The second kappa shape index (κ2) is 2.85. The van der Waals surface area contributed by atoms with Gasteiger partial charge in [0.15, 0.2) is 0 Å². The zero-order valence-corrected chi connectivity index (χ0v) is 9.53. The van der Waals surface area contributed by atoms with Gasteiger partial charge in [0.1, 0.15) is 11.0 Å². The number of hydrogen-bond acceptors (Lipinski definition) is 3. The Morgan fingerprint density at radius 2 is 1.45 bits per heavy atom. The van der Waals surface area contributed by atoms with Crippen LogP contribution in [0, 0.1) is 7.14 Å². The maximum absolute atomic E-state index is 4.62. The van der Waals surface area contributed by atoms with Crippen LogP contribution in [0.3, 0.4) is 0 Å². The van der Waals surface area contributed by atoms with E-state index in [4.69, 9.17) is 0 Å². The summed E-state index contributed by atoms with van der Waals surface area (Å²) in [5.74, 6) is 0. The SMILES string of the molecule is Ic1ccc(I)c2nonc12. The number of rotatable bonds is 0. The summed E-state index contributed by atoms with van der Waals surface area (Å²) in [6.45, 7) is 0. The number of benzene rings is 1. The number of hydrogen-bond donors (Lipinski definition) is 0. The minimum Gasteiger partial charge on any atom is -0.243 e. The summed E-state index contributed by atoms with van der Waals surface area (Å²) in [6, 6.07) is 3.99. The van der Waals surface area contributed by atoms with Gasteiger partial charge >= 0.3 is 0 Å². The van der Waals surface area contributed by atoms with Crippen LogP contribution in [-0.4, -0.2) is 10.3 Å². The van der Waals surface area contributed by atoms with Gasteiger partial charge in [-0.3, -0.25) is 0 Å². The van der Waals surface area contributed by atoms with Gasteiger partial charge in [-0.1, -0.05) is 0 Å². The Labute approximate surface area is 89.8 Å². The van der Waals surface area contributed by atoms with Crippen molar-refractivity contribution in [2.75, 3.05) is 0 Å². The summed E-state index contributed by atoms with van der Waals surface area (Å²) < 4.78 is 6.75. The third-order valence-corrected chi connectivity index (χ3v) is 3.06. The highest BCUT2D eigenvalue weighted by atomic mass is 127. The van der Waals surface area contributed by atoms with Crippen molar-refractivity contribution >= 4 is 56.2 Å². The highest BCUT2D eigenvalue weighted by Crippen LogP contribution is 2.21. The summed E-state index contributed by atoms with van der Waals surface area (Å²) in [5, 5.41) is 7.56. The molecule has 3 nitrogen and oxygen atoms in total. The predicted octanol–water partition coefficient (Wildman–Crippen LogP) is 2.43. The van der Waals surface area contributed by atoms with Crippen LogP contribution in [0.1, 0.15) is 0 Å². The predicted molar refractivity (Wildman–Crippen MR) is 57.2 cm³/mol. The fourth-order valence-corrected chi connectivity index (χ4v) is 1.87. The number of nitrogens with zero attached hydrogens (tertiary/aromatic N) is 2. The monoisotopic (exact) mass is 372 g/mol. The Kier molecular flexibility index (Phi) is 2.00. The van der Waals surface area contributed by atoms with E-state index in [-0.39, 0.29) is 0 Å². The van der Waals surface area contributed by atoms with E-state index in [1.807, 2.05) is 12.1 Å². The molecule has 11 heavy (non-hydrogen) atoms. The summed E-state index contributed by atoms with van der Waals surface area (Å²) in [4.78, 5) is 0. The maximum Gasteiger partial charge on any atom is 0.149 e. The molecule has 0 fully saturated rings. The van der Waals surface area contributed by atoms with Crippen molar-refractivity contribution in [2.24, 2.45) is 0 Å². The van der Waals surface area contributed by atoms with Gasteiger partial charge in [0.05, 0.1) is 0 Å². The number of aromatic nitrogens is 2. The van der Waals surface area contributed by atoms with Gasteiger partial charge in [-0.15, -0.1) is 0 Å². The Hall–Kier alpha value is 0.0800. The smallest absolute Gasteiger partial charge is 0.149 e. The molecule has 0 spiro atoms. The first-order valence-corrected chi connectivity index (χ1v) is 5.01. The van der Waals surface area contributed by atoms with E-state index < -0.39 is 0 Å². The average molecular weight is 372 g/mol. The van der Waals surface area contributed by atoms with E-state index in [1.165, 1.54) is 0 Å². The maximum atomic E-state index is 4.62. The molecule has 0 unspecified atom stereocenters. The molecular formula is C6H2I2N2O. The first-order valence-electron chi connectivity index (χ1n) is 2.85. The Bertz CT molecular complexity index is 362. The van der Waals surface area contributed by atoms with E-state index in [1.54, 1.807) is 0 Å². The molecule has 2 rings (SSSR count). The first-order chi connectivity index (χ1) is 5.29. The van der Waals surface area contributed by atoms with Crippen LogP contribution in [0.25, 0.3) is 11.0 Å². The topological polar surface area (TPSA) is 38.9 Å². The molecule has 5 heteroatoms. The van der Waals surface area contributed by atoms with Gasteiger partial charge < -0.3 is 0 Å². The van der Waals surface area contributed by atoms with Gasteiger partial charge in [-0.2, -0.15) is 0 Å². The van der Waals surface area contributed by atoms with Gasteiger partial charge in [-0.05, 0) is 67.6 Å². The lowest BCUT2D eigenvalue weighted by Gasteiger charge is -1.90. The molecule has 56 valence electrons. The summed E-state index contributed by atoms with van der Waals surface area (Å²) in [5.41, 5.74) is 1.69. The molecule has 1 aromatic heterocycles. The molecule has 0 atom stereocenters. The second-order valence-electron chi connectivity index (χ2n) is 1.99. The Morgan fingerprint density at radius 1 is 1.00 bits per heavy atom. The van der Waals surface area contributed by atoms with Gasteiger partial charge in [0.2, 0.25) is 0 Å². The molecule has 2 aromatic rings. The van der Waals surface area contributed by atoms with E-state index in [0.29, 0.717) is 0 Å². The molecule has 0 saturated carbocycles. The molecule has 0 aliphatic carbocycles. The summed E-state index contributed by atoms with van der Waals surface area (Å²) in [6.07, 6.45) is 0. The van der Waals surface area contributed by atoms with Crippen molar-refractivity contribution in [1.29, 1.82) is 0 Å². The molecule has 1 heterocycles. The van der Waals surface area contributed by atoms with Crippen LogP contribution in [0.2, 0.25) is 0 Å². The van der Waals surface area contributed by atoms with Crippen LogP contribution < -0.4 is 0 Å². The van der Waals surface area contributed by atoms with Crippen LogP contribution >= 0.6 is 45.2 Å². The lowest BCUT2D eigenvalue weighted by molar-refractivity contribution is 0.315. The van der Waals surface area contributed by atoms with E-state index in [0.717, 1.165) is 18.2 Å². The normalized spacial score (nSPS) is 10.7. The quantitative estimate of drug-likeness (QED) is 0.668. The van der Waals surface area contributed by atoms with Gasteiger partial charge in [0, 0.05) is 7.14 Å². The molecule has 0 bridgehead atoms. The zero-order chi connectivity index (χ0) is 7.84. The minimum absolute atomic E-state index is 0.845. The summed E-state index contributed by atoms with van der Waals surface area (Å²) >= 11 is 4.41. The average Bonchev–Trinajstić information content (AvgIpc) is 2.45. The van der Waals surface area contributed by atoms with Crippen LogP contribution in [0.15, 0.2) is 16.8 Å². The molecule has 0 radical (unpaired) electrons. The molecular weight excluding hydrogens is 370 g/mol. The van der Waals surface area contributed by atoms with Crippen molar-refractivity contribution in [3.05, 3.63) is 19.3 Å². The second-order valence-corrected chi connectivity index (χ2v) is 4.32. The van der Waals surface area contributed by atoms with Crippen LogP contribution in [-0.2, 0) is 0 Å². The van der Waals surface area contributed by atoms with Crippen LogP contribution in [0.4, 0.5) is 0 Å². The third kappa shape index (κ3) is 1.24. The largest absolute Gasteiger partial charge is 0.243 e. The lowest BCUT2D eigenvalue weighted by atomic mass is 10.3. The highest BCUT2D eigenvalue weighted by molar-refractivity contribution is 14.1. The third-order valence-electron chi connectivity index (χ3n) is 1.32. The van der Waals surface area contributed by atoms with E-state index in [2.05, 4.69) is 60.1 Å². The molecule has 1 aromatic carbocycles. The molecule has 0 amide bonds. The van der Waals surface area contributed by atoms with Crippen molar-refractivity contribution in [3.63, 3.8) is 0 Å². The fourth-order valence-electron chi connectivity index (χ4n) is 0.806. The number of halogens is 2. The first kappa shape index (κ1) is 7.71. The highest BCUT2D eigenvalue weighted by Gasteiger charge is 2.06. The standard InChI is InChI=1S/C6H2I2N2O/c7-3-1-2-4(8)6-5(3)9-11-10-6/h1-2H. The van der Waals surface area contributed by atoms with Crippen molar-refractivity contribution < 1.29 is 4.63 Å². The molecule has 0 aliphatic heterocycles. The van der Waals surface area contributed by atoms with E-state index in [9.17, 15) is 0 Å². The Morgan fingerprint density at radius 3 is 1.91 bits per heavy atom. The Balaban J connectivity index is 2.96. The van der Waals surface area contributed by atoms with Crippen molar-refractivity contribution in [1.82, 2.24) is 10.3 Å². The lowest BCUT2D eigenvalue weighted by Crippen LogP contribution is -1.79. The molecule has 0 saturated heterocycles. The van der Waals surface area contributed by atoms with Crippen LogP contribution in [0.5, 0.6) is 0 Å². The van der Waals surface area contributed by atoms with Crippen molar-refractivity contribution in [2.45, 2.75) is 0 Å². The molecule has 0 aliphatic rings. The van der Waals surface area contributed by atoms with Gasteiger partial charge in [-0.25, -0.2) is 4.63 Å². The zero-order valence-electron chi connectivity index (χ0n) is 5.21. The number of fused-ring (bicyclic) bond motifs is 1. The van der Waals surface area contributed by atoms with Gasteiger partial charge in [0.25, 0.3) is 0 Å². The fraction of sp³-hybridized carbons (Fsp3) is 0. The molecule has 0 N–H and O–H groups in total.